The fourth-order valence-electron chi connectivity index (χ4n) is 5.35. The molecule has 3 aromatic rings. The Hall–Kier alpha value is -3.76. The van der Waals surface area contributed by atoms with E-state index in [1.54, 1.807) is 23.0 Å². The van der Waals surface area contributed by atoms with E-state index in [-0.39, 0.29) is 23.7 Å². The van der Waals surface area contributed by atoms with Crippen LogP contribution >= 0.6 is 0 Å². The molecule has 1 saturated heterocycles. The monoisotopic (exact) mass is 551 g/mol. The smallest absolute Gasteiger partial charge is 0.410 e. The van der Waals surface area contributed by atoms with Gasteiger partial charge in [-0.05, 0) is 65.4 Å². The topological polar surface area (TPSA) is 98.4 Å². The largest absolute Gasteiger partial charge is 0.444 e. The Morgan fingerprint density at radius 3 is 2.65 bits per heavy atom. The van der Waals surface area contributed by atoms with Crippen molar-refractivity contribution < 1.29 is 13.9 Å². The number of halogens is 1. The molecule has 0 N–H and O–H groups in total. The second kappa shape index (κ2) is 11.4. The van der Waals surface area contributed by atoms with Gasteiger partial charge >= 0.3 is 6.09 Å². The third-order valence-electron chi connectivity index (χ3n) is 7.75. The van der Waals surface area contributed by atoms with Crippen LogP contribution in [0.4, 0.5) is 14.9 Å². The molecule has 4 heterocycles. The summed E-state index contributed by atoms with van der Waals surface area (Å²) in [7, 11) is 0. The van der Waals surface area contributed by atoms with Crippen molar-refractivity contribution in [3.05, 3.63) is 64.9 Å². The van der Waals surface area contributed by atoms with Crippen LogP contribution in [0, 0.1) is 11.7 Å². The number of hydrogen-bond donors (Lipinski definition) is 0. The lowest BCUT2D eigenvalue weighted by Crippen LogP contribution is -2.53. The first-order valence-electron chi connectivity index (χ1n) is 14.1. The maximum atomic E-state index is 13.6. The molecule has 0 bridgehead atoms. The van der Waals surface area contributed by atoms with Gasteiger partial charge in [0, 0.05) is 43.7 Å². The van der Waals surface area contributed by atoms with Crippen molar-refractivity contribution in [3.8, 4) is 5.69 Å². The molecular formula is C29H38FN7O3. The van der Waals surface area contributed by atoms with Crippen LogP contribution < -0.4 is 10.5 Å². The Labute approximate surface area is 233 Å². The molecule has 1 aliphatic carbocycles. The predicted octanol–water partition coefficient (Wildman–Crippen LogP) is 4.58. The fraction of sp³-hybridized carbons (Fsp3) is 0.552. The molecule has 214 valence electrons. The lowest BCUT2D eigenvalue weighted by molar-refractivity contribution is 0.00736. The number of piperidine rings is 1. The van der Waals surface area contributed by atoms with E-state index < -0.39 is 11.4 Å². The number of carbonyl (C=O) groups excluding carboxylic acids is 1. The zero-order valence-corrected chi connectivity index (χ0v) is 23.7. The SMILES string of the molecule is CC(c1cn(-c2cncc(F)c2)nn1)n1ccc(N2CCC[C@@H](N(CC3CCC3)C(=O)OC(C)(C)C)C2)cc1=O. The highest BCUT2D eigenvalue weighted by molar-refractivity contribution is 5.69. The molecule has 5 rings (SSSR count). The molecular weight excluding hydrogens is 513 g/mol. The van der Waals surface area contributed by atoms with Gasteiger partial charge in [0.15, 0.2) is 0 Å². The highest BCUT2D eigenvalue weighted by Crippen LogP contribution is 2.31. The van der Waals surface area contributed by atoms with E-state index in [4.69, 9.17) is 4.74 Å². The van der Waals surface area contributed by atoms with Gasteiger partial charge < -0.3 is 19.1 Å². The molecule has 1 unspecified atom stereocenters. The highest BCUT2D eigenvalue weighted by atomic mass is 19.1. The Morgan fingerprint density at radius 1 is 1.18 bits per heavy atom. The first kappa shape index (κ1) is 27.8. The van der Waals surface area contributed by atoms with Crippen molar-refractivity contribution in [3.63, 3.8) is 0 Å². The fourth-order valence-corrected chi connectivity index (χ4v) is 5.35. The van der Waals surface area contributed by atoms with Crippen LogP contribution in [-0.4, -0.2) is 66.8 Å². The van der Waals surface area contributed by atoms with Gasteiger partial charge in [0.1, 0.15) is 17.1 Å². The summed E-state index contributed by atoms with van der Waals surface area (Å²) >= 11 is 0. The van der Waals surface area contributed by atoms with Gasteiger partial charge in [0.25, 0.3) is 5.56 Å². The summed E-state index contributed by atoms with van der Waals surface area (Å²) in [5.41, 5.74) is 1.14. The molecule has 1 aliphatic heterocycles. The molecule has 10 nitrogen and oxygen atoms in total. The van der Waals surface area contributed by atoms with Crippen molar-refractivity contribution >= 4 is 11.8 Å². The van der Waals surface area contributed by atoms with E-state index in [1.165, 1.54) is 23.4 Å². The summed E-state index contributed by atoms with van der Waals surface area (Å²) in [6, 6.07) is 4.54. The third kappa shape index (κ3) is 6.34. The second-order valence-electron chi connectivity index (χ2n) is 11.9. The van der Waals surface area contributed by atoms with E-state index in [2.05, 4.69) is 20.2 Å². The number of rotatable bonds is 7. The average Bonchev–Trinajstić information content (AvgIpc) is 3.37. The molecule has 1 amide bonds. The Kier molecular flexibility index (Phi) is 7.91. The average molecular weight is 552 g/mol. The Bertz CT molecular complexity index is 1390. The lowest BCUT2D eigenvalue weighted by Gasteiger charge is -2.43. The van der Waals surface area contributed by atoms with Crippen LogP contribution in [0.5, 0.6) is 0 Å². The van der Waals surface area contributed by atoms with Crippen molar-refractivity contribution in [1.29, 1.82) is 0 Å². The van der Waals surface area contributed by atoms with Gasteiger partial charge in [0.2, 0.25) is 0 Å². The van der Waals surface area contributed by atoms with Crippen molar-refractivity contribution in [1.82, 2.24) is 29.4 Å². The predicted molar refractivity (Wildman–Crippen MR) is 149 cm³/mol. The van der Waals surface area contributed by atoms with Gasteiger partial charge in [-0.3, -0.25) is 9.78 Å². The number of amides is 1. The summed E-state index contributed by atoms with van der Waals surface area (Å²) in [6.07, 6.45) is 11.2. The van der Waals surface area contributed by atoms with Gasteiger partial charge in [-0.25, -0.2) is 13.9 Å². The van der Waals surface area contributed by atoms with Crippen molar-refractivity contribution in [2.45, 2.75) is 77.5 Å². The van der Waals surface area contributed by atoms with E-state index in [0.717, 1.165) is 50.7 Å². The molecule has 3 aromatic heterocycles. The summed E-state index contributed by atoms with van der Waals surface area (Å²) in [4.78, 5) is 34.4. The van der Waals surface area contributed by atoms with Crippen LogP contribution in [0.2, 0.25) is 0 Å². The van der Waals surface area contributed by atoms with Gasteiger partial charge in [0.05, 0.1) is 36.4 Å². The molecule has 2 atom stereocenters. The molecule has 11 heteroatoms. The van der Waals surface area contributed by atoms with Crippen LogP contribution in [0.15, 0.2) is 47.8 Å². The molecule has 1 saturated carbocycles. The maximum Gasteiger partial charge on any atom is 0.410 e. The Morgan fingerprint density at radius 2 is 1.98 bits per heavy atom. The van der Waals surface area contributed by atoms with E-state index in [9.17, 15) is 14.0 Å². The minimum atomic E-state index is -0.552. The number of carbonyl (C=O) groups is 1. The lowest BCUT2D eigenvalue weighted by atomic mass is 9.84. The highest BCUT2D eigenvalue weighted by Gasteiger charge is 2.34. The third-order valence-corrected chi connectivity index (χ3v) is 7.75. The molecule has 40 heavy (non-hydrogen) atoms. The number of nitrogens with zero attached hydrogens (tertiary/aromatic N) is 7. The van der Waals surface area contributed by atoms with Crippen LogP contribution in [0.3, 0.4) is 0 Å². The minimum Gasteiger partial charge on any atom is -0.444 e. The van der Waals surface area contributed by atoms with Gasteiger partial charge in [-0.2, -0.15) is 0 Å². The summed E-state index contributed by atoms with van der Waals surface area (Å²) in [6.45, 7) is 9.75. The standard InChI is InChI=1S/C29H38FN7O3/c1-20(26-19-37(33-32-26)25-13-22(30)15-31-16-25)35-12-10-23(14-27(35)38)34-11-6-9-24(18-34)36(17-21-7-5-8-21)28(39)40-29(2,3)4/h10,12-16,19-21,24H,5-9,11,17-18H2,1-4H3/t20?,24-/m1/s1. The van der Waals surface area contributed by atoms with E-state index in [0.29, 0.717) is 23.8 Å². The number of hydrogen-bond acceptors (Lipinski definition) is 7. The summed E-state index contributed by atoms with van der Waals surface area (Å²) < 4.78 is 22.4. The van der Waals surface area contributed by atoms with Crippen LogP contribution in [0.25, 0.3) is 5.69 Å². The molecule has 0 spiro atoms. The number of anilines is 1. The minimum absolute atomic E-state index is 0.0258. The first-order chi connectivity index (χ1) is 19.1. The number of aromatic nitrogens is 5. The van der Waals surface area contributed by atoms with Gasteiger partial charge in [-0.15, -0.1) is 5.10 Å². The zero-order valence-electron chi connectivity index (χ0n) is 23.7. The zero-order chi connectivity index (χ0) is 28.4. The Balaban J connectivity index is 1.30. The molecule has 0 radical (unpaired) electrons. The summed E-state index contributed by atoms with van der Waals surface area (Å²) in [5.74, 6) is 0.0649. The number of ether oxygens (including phenoxy) is 1. The molecule has 2 aliphatic rings. The van der Waals surface area contributed by atoms with Gasteiger partial charge in [-0.1, -0.05) is 11.6 Å². The quantitative estimate of drug-likeness (QED) is 0.424. The number of pyridine rings is 2. The molecule has 2 fully saturated rings. The summed E-state index contributed by atoms with van der Waals surface area (Å²) in [5, 5.41) is 8.28. The van der Waals surface area contributed by atoms with E-state index in [1.807, 2.05) is 38.7 Å². The van der Waals surface area contributed by atoms with E-state index >= 15 is 0 Å². The van der Waals surface area contributed by atoms with Crippen LogP contribution in [0.1, 0.15) is 71.5 Å². The van der Waals surface area contributed by atoms with Crippen molar-refractivity contribution in [2.24, 2.45) is 5.92 Å². The normalized spacial score (nSPS) is 18.7. The molecule has 0 aromatic carbocycles. The van der Waals surface area contributed by atoms with Crippen molar-refractivity contribution in [2.75, 3.05) is 24.5 Å². The van der Waals surface area contributed by atoms with Crippen LogP contribution in [-0.2, 0) is 4.74 Å². The first-order valence-corrected chi connectivity index (χ1v) is 14.1. The second-order valence-corrected chi connectivity index (χ2v) is 11.9. The maximum absolute atomic E-state index is 13.6.